The van der Waals surface area contributed by atoms with Crippen molar-refractivity contribution in [1.82, 2.24) is 9.97 Å². The molecule has 0 saturated heterocycles. The van der Waals surface area contributed by atoms with E-state index in [-0.39, 0.29) is 0 Å². The van der Waals surface area contributed by atoms with Gasteiger partial charge in [-0.1, -0.05) is 11.6 Å². The lowest BCUT2D eigenvalue weighted by Gasteiger charge is -2.06. The summed E-state index contributed by atoms with van der Waals surface area (Å²) in [4.78, 5) is 11.0. The highest BCUT2D eigenvalue weighted by atomic mass is 35.5. The van der Waals surface area contributed by atoms with Crippen molar-refractivity contribution in [2.24, 2.45) is 0 Å². The maximum atomic E-state index is 5.93. The van der Waals surface area contributed by atoms with E-state index in [0.717, 1.165) is 6.54 Å². The zero-order valence-corrected chi connectivity index (χ0v) is 11.8. The standard InChI is InChI=1S/C12H14ClN3OS/c1-8-3-4-9(18-8)6-14-11-5-10(13)15-12(16-11)7-17-2/h3-5H,6-7H2,1-2H3,(H,14,15,16). The first-order chi connectivity index (χ1) is 8.67. The van der Waals surface area contributed by atoms with Gasteiger partial charge < -0.3 is 10.1 Å². The van der Waals surface area contributed by atoms with E-state index in [0.29, 0.717) is 23.4 Å². The van der Waals surface area contributed by atoms with Gasteiger partial charge in [0, 0.05) is 22.9 Å². The second-order valence-corrected chi connectivity index (χ2v) is 5.55. The number of ether oxygens (including phenoxy) is 1. The van der Waals surface area contributed by atoms with E-state index in [2.05, 4.69) is 34.3 Å². The number of halogens is 1. The molecule has 1 N–H and O–H groups in total. The minimum atomic E-state index is 0.355. The number of thiophene rings is 1. The normalized spacial score (nSPS) is 10.6. The molecule has 2 aromatic rings. The Balaban J connectivity index is 2.04. The second-order valence-electron chi connectivity index (χ2n) is 3.79. The van der Waals surface area contributed by atoms with Gasteiger partial charge in [-0.25, -0.2) is 9.97 Å². The third kappa shape index (κ3) is 3.66. The fourth-order valence-corrected chi connectivity index (χ4v) is 2.54. The smallest absolute Gasteiger partial charge is 0.158 e. The van der Waals surface area contributed by atoms with Crippen molar-refractivity contribution in [2.75, 3.05) is 12.4 Å². The summed E-state index contributed by atoms with van der Waals surface area (Å²) in [5, 5.41) is 3.65. The molecule has 0 unspecified atom stereocenters. The number of methoxy groups -OCH3 is 1. The van der Waals surface area contributed by atoms with Crippen LogP contribution in [-0.2, 0) is 17.9 Å². The minimum Gasteiger partial charge on any atom is -0.377 e. The van der Waals surface area contributed by atoms with Crippen LogP contribution in [-0.4, -0.2) is 17.1 Å². The van der Waals surface area contributed by atoms with Crippen LogP contribution in [0.25, 0.3) is 0 Å². The van der Waals surface area contributed by atoms with Crippen LogP contribution in [0.15, 0.2) is 18.2 Å². The Labute approximate surface area is 115 Å². The molecule has 0 aliphatic rings. The van der Waals surface area contributed by atoms with Crippen molar-refractivity contribution in [3.05, 3.63) is 38.9 Å². The average molecular weight is 284 g/mol. The lowest BCUT2D eigenvalue weighted by molar-refractivity contribution is 0.178. The van der Waals surface area contributed by atoms with Gasteiger partial charge in [0.1, 0.15) is 17.6 Å². The van der Waals surface area contributed by atoms with E-state index in [9.17, 15) is 0 Å². The largest absolute Gasteiger partial charge is 0.377 e. The highest BCUT2D eigenvalue weighted by Gasteiger charge is 2.03. The number of rotatable bonds is 5. The van der Waals surface area contributed by atoms with Crippen LogP contribution in [0.2, 0.25) is 5.15 Å². The van der Waals surface area contributed by atoms with Gasteiger partial charge in [0.25, 0.3) is 0 Å². The third-order valence-electron chi connectivity index (χ3n) is 2.25. The summed E-state index contributed by atoms with van der Waals surface area (Å²) in [5.74, 6) is 1.29. The first-order valence-corrected chi connectivity index (χ1v) is 6.68. The van der Waals surface area contributed by atoms with Crippen LogP contribution in [0.5, 0.6) is 0 Å². The van der Waals surface area contributed by atoms with Gasteiger partial charge in [0.05, 0.1) is 6.54 Å². The summed E-state index contributed by atoms with van der Waals surface area (Å²) >= 11 is 7.69. The molecule has 0 aliphatic carbocycles. The van der Waals surface area contributed by atoms with Crippen LogP contribution < -0.4 is 5.32 Å². The number of hydrogen-bond donors (Lipinski definition) is 1. The fourth-order valence-electron chi connectivity index (χ4n) is 1.51. The average Bonchev–Trinajstić information content (AvgIpc) is 2.72. The molecule has 96 valence electrons. The predicted molar refractivity (Wildman–Crippen MR) is 74.1 cm³/mol. The van der Waals surface area contributed by atoms with Crippen LogP contribution in [0, 0.1) is 6.92 Å². The maximum Gasteiger partial charge on any atom is 0.158 e. The molecule has 4 nitrogen and oxygen atoms in total. The minimum absolute atomic E-state index is 0.355. The van der Waals surface area contributed by atoms with Crippen molar-refractivity contribution in [3.63, 3.8) is 0 Å². The molecule has 6 heteroatoms. The van der Waals surface area contributed by atoms with Crippen LogP contribution >= 0.6 is 22.9 Å². The first-order valence-electron chi connectivity index (χ1n) is 5.49. The van der Waals surface area contributed by atoms with E-state index in [1.54, 1.807) is 24.5 Å². The van der Waals surface area contributed by atoms with Crippen molar-refractivity contribution in [2.45, 2.75) is 20.1 Å². The number of nitrogens with zero attached hydrogens (tertiary/aromatic N) is 2. The molecule has 0 spiro atoms. The maximum absolute atomic E-state index is 5.93. The SMILES string of the molecule is COCc1nc(Cl)cc(NCc2ccc(C)s2)n1. The van der Waals surface area contributed by atoms with Gasteiger partial charge in [-0.15, -0.1) is 11.3 Å². The predicted octanol–water partition coefficient (Wildman–Crippen LogP) is 3.26. The van der Waals surface area contributed by atoms with E-state index < -0.39 is 0 Å². The highest BCUT2D eigenvalue weighted by molar-refractivity contribution is 7.11. The summed E-state index contributed by atoms with van der Waals surface area (Å²) in [5.41, 5.74) is 0. The molecule has 2 rings (SSSR count). The quantitative estimate of drug-likeness (QED) is 0.856. The van der Waals surface area contributed by atoms with E-state index in [1.165, 1.54) is 9.75 Å². The van der Waals surface area contributed by atoms with Crippen molar-refractivity contribution in [1.29, 1.82) is 0 Å². The molecule has 0 amide bonds. The Bertz CT molecular complexity index is 530. The Morgan fingerprint density at radius 1 is 1.39 bits per heavy atom. The summed E-state index contributed by atoms with van der Waals surface area (Å²) in [6.07, 6.45) is 0. The molecule has 0 radical (unpaired) electrons. The molecular formula is C12H14ClN3OS. The highest BCUT2D eigenvalue weighted by Crippen LogP contribution is 2.17. The summed E-state index contributed by atoms with van der Waals surface area (Å²) < 4.78 is 4.99. The Kier molecular flexibility index (Phi) is 4.52. The van der Waals surface area contributed by atoms with Gasteiger partial charge >= 0.3 is 0 Å². The third-order valence-corrected chi connectivity index (χ3v) is 3.45. The molecule has 0 bridgehead atoms. The number of aryl methyl sites for hydroxylation is 1. The van der Waals surface area contributed by atoms with Crippen molar-refractivity contribution >= 4 is 28.8 Å². The zero-order chi connectivity index (χ0) is 13.0. The lowest BCUT2D eigenvalue weighted by atomic mass is 10.4. The number of hydrogen-bond acceptors (Lipinski definition) is 5. The van der Waals surface area contributed by atoms with Gasteiger partial charge in [0.2, 0.25) is 0 Å². The lowest BCUT2D eigenvalue weighted by Crippen LogP contribution is -2.04. The first kappa shape index (κ1) is 13.3. The Hall–Kier alpha value is -1.17. The molecule has 0 aromatic carbocycles. The topological polar surface area (TPSA) is 47.0 Å². The van der Waals surface area contributed by atoms with Gasteiger partial charge in [-0.05, 0) is 19.1 Å². The zero-order valence-electron chi connectivity index (χ0n) is 10.2. The molecule has 0 fully saturated rings. The van der Waals surface area contributed by atoms with Crippen LogP contribution in [0.1, 0.15) is 15.6 Å². The van der Waals surface area contributed by atoms with Crippen molar-refractivity contribution < 1.29 is 4.74 Å². The van der Waals surface area contributed by atoms with Crippen molar-refractivity contribution in [3.8, 4) is 0 Å². The summed E-state index contributed by atoms with van der Waals surface area (Å²) in [6, 6.07) is 5.91. The van der Waals surface area contributed by atoms with Crippen LogP contribution in [0.3, 0.4) is 0 Å². The van der Waals surface area contributed by atoms with E-state index in [4.69, 9.17) is 16.3 Å². The fraction of sp³-hybridized carbons (Fsp3) is 0.333. The Morgan fingerprint density at radius 3 is 2.89 bits per heavy atom. The van der Waals surface area contributed by atoms with Crippen LogP contribution in [0.4, 0.5) is 5.82 Å². The molecule has 2 heterocycles. The number of anilines is 1. The molecule has 0 atom stereocenters. The summed E-state index contributed by atoms with van der Waals surface area (Å²) in [6.45, 7) is 3.18. The van der Waals surface area contributed by atoms with E-state index >= 15 is 0 Å². The second kappa shape index (κ2) is 6.13. The van der Waals surface area contributed by atoms with E-state index in [1.807, 2.05) is 0 Å². The Morgan fingerprint density at radius 2 is 2.22 bits per heavy atom. The summed E-state index contributed by atoms with van der Waals surface area (Å²) in [7, 11) is 1.60. The molecule has 2 aromatic heterocycles. The molecule has 18 heavy (non-hydrogen) atoms. The van der Waals surface area contributed by atoms with Gasteiger partial charge in [-0.2, -0.15) is 0 Å². The van der Waals surface area contributed by atoms with Gasteiger partial charge in [-0.3, -0.25) is 0 Å². The molecule has 0 aliphatic heterocycles. The van der Waals surface area contributed by atoms with Gasteiger partial charge in [0.15, 0.2) is 5.82 Å². The molecular weight excluding hydrogens is 270 g/mol. The number of aromatic nitrogens is 2. The monoisotopic (exact) mass is 283 g/mol. The molecule has 0 saturated carbocycles. The number of nitrogens with one attached hydrogen (secondary N) is 1.